The normalized spacial score (nSPS) is 28.6. The number of phenolic OH excluding ortho intramolecular Hbond substituents is 1. The number of aliphatic hydroxyl groups is 1. The van der Waals surface area contributed by atoms with Crippen molar-refractivity contribution < 1.29 is 29.6 Å². The van der Waals surface area contributed by atoms with Crippen molar-refractivity contribution in [3.8, 4) is 11.5 Å². The topological polar surface area (TPSA) is 107 Å². The van der Waals surface area contributed by atoms with Gasteiger partial charge in [-0.1, -0.05) is 50.5 Å². The van der Waals surface area contributed by atoms with E-state index in [-0.39, 0.29) is 41.7 Å². The summed E-state index contributed by atoms with van der Waals surface area (Å²) in [5.74, 6) is -1.12. The Morgan fingerprint density at radius 1 is 1.30 bits per heavy atom. The van der Waals surface area contributed by atoms with E-state index in [9.17, 15) is 24.9 Å². The number of hydrogen-bond acceptors (Lipinski definition) is 5. The molecule has 6 atom stereocenters. The molecular weight excluding hydrogens is 506 g/mol. The van der Waals surface area contributed by atoms with Gasteiger partial charge in [0, 0.05) is 23.0 Å². The zero-order valence-electron chi connectivity index (χ0n) is 24.8. The lowest BCUT2D eigenvalue weighted by molar-refractivity contribution is -0.181. The van der Waals surface area contributed by atoms with Crippen LogP contribution in [0.3, 0.4) is 0 Å². The van der Waals surface area contributed by atoms with Gasteiger partial charge in [-0.15, -0.1) is 0 Å². The van der Waals surface area contributed by atoms with Crippen LogP contribution in [0, 0.1) is 17.3 Å². The first-order valence-electron chi connectivity index (χ1n) is 14.6. The van der Waals surface area contributed by atoms with E-state index in [2.05, 4.69) is 26.5 Å². The second-order valence-electron chi connectivity index (χ2n) is 12.3. The molecule has 4 rings (SSSR count). The van der Waals surface area contributed by atoms with E-state index in [0.717, 1.165) is 49.7 Å². The summed E-state index contributed by atoms with van der Waals surface area (Å²) in [6.45, 7) is 15.6. The molecule has 1 amide bonds. The largest absolute Gasteiger partial charge is 0.507 e. The van der Waals surface area contributed by atoms with E-state index in [1.54, 1.807) is 13.8 Å². The molecular formula is C33H45NO6. The molecule has 0 radical (unpaired) electrons. The number of unbranched alkanes of at least 4 members (excludes halogenated alkanes) is 2. The number of carboxylic acid groups (broad SMARTS) is 1. The minimum Gasteiger partial charge on any atom is -0.507 e. The Morgan fingerprint density at radius 2 is 2.00 bits per heavy atom. The molecule has 3 aliphatic rings. The van der Waals surface area contributed by atoms with Crippen molar-refractivity contribution in [1.82, 2.24) is 4.90 Å². The minimum atomic E-state index is -1.18. The van der Waals surface area contributed by atoms with Crippen molar-refractivity contribution in [2.45, 2.75) is 98.1 Å². The molecule has 0 aromatic heterocycles. The Bertz CT molecular complexity index is 1260. The third-order valence-corrected chi connectivity index (χ3v) is 9.56. The lowest BCUT2D eigenvalue weighted by atomic mass is 9.65. The van der Waals surface area contributed by atoms with Crippen LogP contribution in [0.2, 0.25) is 0 Å². The van der Waals surface area contributed by atoms with Crippen LogP contribution in [0.4, 0.5) is 0 Å². The molecule has 1 unspecified atom stereocenters. The van der Waals surface area contributed by atoms with Gasteiger partial charge < -0.3 is 25.0 Å². The fraction of sp³-hybridized carbons (Fsp3) is 0.576. The minimum absolute atomic E-state index is 0.0308. The Morgan fingerprint density at radius 3 is 2.60 bits per heavy atom. The van der Waals surface area contributed by atoms with Crippen molar-refractivity contribution in [3.63, 3.8) is 0 Å². The van der Waals surface area contributed by atoms with Gasteiger partial charge in [0.25, 0.3) is 0 Å². The van der Waals surface area contributed by atoms with Crippen molar-refractivity contribution in [3.05, 3.63) is 58.3 Å². The average Bonchev–Trinajstić information content (AvgIpc) is 3.16. The molecule has 1 aromatic rings. The van der Waals surface area contributed by atoms with Crippen LogP contribution in [-0.2, 0) is 16.0 Å². The first-order valence-corrected chi connectivity index (χ1v) is 14.6. The number of phenols is 1. The standard InChI is InChI=1S/C33H45NO6/c1-8-9-10-11-22-15-26(36)28(24-14-19(4)12-13-23(24)18(2)3)27(16-22)40-17-25-20(5)30-33(7,21(6)35)32(39)34(30)29(25)31(37)38/h14-16,20-21,23-24,30,35-36H,2,8-13,17H2,1,3-7H3,(H,37,38)/t20-,21+,23-,24+,30?,33+/m0/s1. The van der Waals surface area contributed by atoms with Crippen LogP contribution >= 0.6 is 0 Å². The van der Waals surface area contributed by atoms with Gasteiger partial charge in [-0.25, -0.2) is 4.79 Å². The Kier molecular flexibility index (Phi) is 8.55. The van der Waals surface area contributed by atoms with Crippen molar-refractivity contribution in [2.24, 2.45) is 17.3 Å². The van der Waals surface area contributed by atoms with Crippen molar-refractivity contribution in [2.75, 3.05) is 6.61 Å². The third kappa shape index (κ3) is 4.98. The molecule has 1 aromatic carbocycles. The summed E-state index contributed by atoms with van der Waals surface area (Å²) in [7, 11) is 0. The van der Waals surface area contributed by atoms with Crippen LogP contribution in [0.15, 0.2) is 47.2 Å². The Labute approximate surface area is 238 Å². The number of nitrogens with zero attached hydrogens (tertiary/aromatic N) is 1. The molecule has 0 saturated carbocycles. The number of benzene rings is 1. The number of aliphatic carboxylic acids is 1. The molecule has 2 aliphatic heterocycles. The van der Waals surface area contributed by atoms with Gasteiger partial charge >= 0.3 is 5.97 Å². The van der Waals surface area contributed by atoms with E-state index in [4.69, 9.17) is 4.74 Å². The van der Waals surface area contributed by atoms with Gasteiger partial charge in [0.1, 0.15) is 23.8 Å². The monoisotopic (exact) mass is 551 g/mol. The van der Waals surface area contributed by atoms with Gasteiger partial charge in [-0.2, -0.15) is 0 Å². The van der Waals surface area contributed by atoms with E-state index in [1.807, 2.05) is 26.0 Å². The fourth-order valence-corrected chi connectivity index (χ4v) is 7.03. The Hall–Kier alpha value is -3.06. The van der Waals surface area contributed by atoms with Crippen molar-refractivity contribution in [1.29, 1.82) is 0 Å². The number of aliphatic hydroxyl groups excluding tert-OH is 1. The highest BCUT2D eigenvalue weighted by atomic mass is 16.5. The van der Waals surface area contributed by atoms with Crippen LogP contribution in [-0.4, -0.2) is 50.8 Å². The fourth-order valence-electron chi connectivity index (χ4n) is 7.03. The maximum absolute atomic E-state index is 13.1. The third-order valence-electron chi connectivity index (χ3n) is 9.56. The molecule has 0 spiro atoms. The molecule has 3 N–H and O–H groups in total. The summed E-state index contributed by atoms with van der Waals surface area (Å²) in [5.41, 5.74) is 3.38. The molecule has 1 aliphatic carbocycles. The molecule has 2 heterocycles. The summed E-state index contributed by atoms with van der Waals surface area (Å²) >= 11 is 0. The first kappa shape index (κ1) is 29.9. The number of ether oxygens (including phenoxy) is 1. The number of aromatic hydroxyl groups is 1. The second kappa shape index (κ2) is 11.4. The number of allylic oxidation sites excluding steroid dienone is 3. The number of aryl methyl sites for hydroxylation is 1. The van der Waals surface area contributed by atoms with Gasteiger partial charge in [0.2, 0.25) is 5.91 Å². The van der Waals surface area contributed by atoms with Crippen LogP contribution in [0.25, 0.3) is 0 Å². The van der Waals surface area contributed by atoms with E-state index in [0.29, 0.717) is 16.9 Å². The predicted octanol–water partition coefficient (Wildman–Crippen LogP) is 6.11. The Balaban J connectivity index is 1.74. The van der Waals surface area contributed by atoms with Crippen LogP contribution in [0.5, 0.6) is 11.5 Å². The van der Waals surface area contributed by atoms with Crippen LogP contribution in [0.1, 0.15) is 90.7 Å². The molecule has 0 bridgehead atoms. The number of β-lactam (4-membered cyclic amide) rings is 1. The van der Waals surface area contributed by atoms with Gasteiger partial charge in [0.15, 0.2) is 0 Å². The quantitative estimate of drug-likeness (QED) is 0.174. The second-order valence-corrected chi connectivity index (χ2v) is 12.3. The average molecular weight is 552 g/mol. The maximum atomic E-state index is 13.1. The summed E-state index contributed by atoms with van der Waals surface area (Å²) in [4.78, 5) is 26.8. The lowest BCUT2D eigenvalue weighted by Crippen LogP contribution is -2.70. The highest BCUT2D eigenvalue weighted by Crippen LogP contribution is 2.54. The van der Waals surface area contributed by atoms with E-state index < -0.39 is 23.5 Å². The lowest BCUT2D eigenvalue weighted by Gasteiger charge is -2.54. The first-order chi connectivity index (χ1) is 18.8. The predicted molar refractivity (Wildman–Crippen MR) is 155 cm³/mol. The van der Waals surface area contributed by atoms with E-state index >= 15 is 0 Å². The van der Waals surface area contributed by atoms with Crippen LogP contribution < -0.4 is 4.74 Å². The SMILES string of the molecule is C=C(C)[C@@H]1CCC(C)=C[C@H]1c1c(O)cc(CCCCC)cc1OCC1=C(C(=O)O)N2C(=O)[C@](C)([C@@H](C)O)C2[C@H]1C. The summed E-state index contributed by atoms with van der Waals surface area (Å²) in [6.07, 6.45) is 7.15. The number of carbonyl (C=O) groups excluding carboxylic acids is 1. The molecule has 40 heavy (non-hydrogen) atoms. The number of rotatable bonds is 11. The van der Waals surface area contributed by atoms with Crippen molar-refractivity contribution >= 4 is 11.9 Å². The highest BCUT2D eigenvalue weighted by Gasteiger charge is 2.67. The number of amides is 1. The zero-order chi connectivity index (χ0) is 29.5. The molecule has 7 nitrogen and oxygen atoms in total. The molecule has 1 saturated heterocycles. The van der Waals surface area contributed by atoms with Gasteiger partial charge in [-0.05, 0) is 77.0 Å². The smallest absolute Gasteiger partial charge is 0.352 e. The molecule has 7 heteroatoms. The number of hydrogen-bond donors (Lipinski definition) is 3. The zero-order valence-corrected chi connectivity index (χ0v) is 24.8. The number of carbonyl (C=O) groups is 2. The summed E-state index contributed by atoms with van der Waals surface area (Å²) in [6, 6.07) is 3.37. The molecule has 1 fully saturated rings. The maximum Gasteiger partial charge on any atom is 0.352 e. The highest BCUT2D eigenvalue weighted by molar-refractivity contribution is 6.02. The number of fused-ring (bicyclic) bond motifs is 1. The van der Waals surface area contributed by atoms with Gasteiger partial charge in [0.05, 0.1) is 17.6 Å². The summed E-state index contributed by atoms with van der Waals surface area (Å²) in [5, 5.41) is 31.9. The molecule has 218 valence electrons. The summed E-state index contributed by atoms with van der Waals surface area (Å²) < 4.78 is 6.46. The number of carboxylic acids is 1. The van der Waals surface area contributed by atoms with Gasteiger partial charge in [-0.3, -0.25) is 4.79 Å². The van der Waals surface area contributed by atoms with E-state index in [1.165, 1.54) is 10.5 Å².